The molecule has 19 heavy (non-hydrogen) atoms. The van der Waals surface area contributed by atoms with Crippen molar-refractivity contribution in [2.75, 3.05) is 0 Å². The zero-order valence-electron chi connectivity index (χ0n) is 9.97. The minimum absolute atomic E-state index is 0.244. The SMILES string of the molecule is Fc1ccc(-n2ncc3[nH]c4ccccc4c32)cc1. The number of nitrogens with one attached hydrogen (secondary N) is 1. The van der Waals surface area contributed by atoms with Gasteiger partial charge < -0.3 is 4.98 Å². The Bertz CT molecular complexity index is 871. The molecule has 0 unspecified atom stereocenters. The quantitative estimate of drug-likeness (QED) is 0.550. The number of halogens is 1. The highest BCUT2D eigenvalue weighted by molar-refractivity contribution is 6.05. The maximum atomic E-state index is 13.0. The molecule has 0 atom stereocenters. The molecule has 0 spiro atoms. The normalized spacial score (nSPS) is 11.4. The molecule has 0 fully saturated rings. The Hall–Kier alpha value is -2.62. The van der Waals surface area contributed by atoms with E-state index in [1.807, 2.05) is 22.9 Å². The standard InChI is InChI=1S/C15H10FN3/c16-10-5-7-11(8-6-10)19-15-12-3-1-2-4-13(12)18-14(15)9-17-19/h1-9,18H. The van der Waals surface area contributed by atoms with Gasteiger partial charge in [-0.1, -0.05) is 18.2 Å². The Morgan fingerprint density at radius 3 is 2.58 bits per heavy atom. The number of aromatic nitrogens is 3. The summed E-state index contributed by atoms with van der Waals surface area (Å²) in [6.07, 6.45) is 1.79. The molecule has 0 saturated carbocycles. The Kier molecular flexibility index (Phi) is 2.00. The molecule has 4 rings (SSSR count). The van der Waals surface area contributed by atoms with Crippen LogP contribution < -0.4 is 0 Å². The van der Waals surface area contributed by atoms with E-state index in [2.05, 4.69) is 16.1 Å². The lowest BCUT2D eigenvalue weighted by atomic mass is 10.2. The van der Waals surface area contributed by atoms with Crippen molar-refractivity contribution in [1.29, 1.82) is 0 Å². The smallest absolute Gasteiger partial charge is 0.123 e. The lowest BCUT2D eigenvalue weighted by Crippen LogP contribution is -1.95. The van der Waals surface area contributed by atoms with Crippen molar-refractivity contribution < 1.29 is 4.39 Å². The van der Waals surface area contributed by atoms with E-state index in [9.17, 15) is 4.39 Å². The molecular formula is C15H10FN3. The number of benzene rings is 2. The first kappa shape index (κ1) is 10.3. The second-order valence-electron chi connectivity index (χ2n) is 4.47. The summed E-state index contributed by atoms with van der Waals surface area (Å²) < 4.78 is 14.8. The van der Waals surface area contributed by atoms with Crippen molar-refractivity contribution in [2.45, 2.75) is 0 Å². The molecule has 0 saturated heterocycles. The molecule has 2 heterocycles. The molecule has 3 nitrogen and oxygen atoms in total. The van der Waals surface area contributed by atoms with E-state index in [4.69, 9.17) is 0 Å². The molecule has 4 aromatic rings. The Morgan fingerprint density at radius 2 is 1.74 bits per heavy atom. The van der Waals surface area contributed by atoms with Crippen molar-refractivity contribution >= 4 is 21.9 Å². The zero-order valence-corrected chi connectivity index (χ0v) is 9.97. The van der Waals surface area contributed by atoms with Crippen LogP contribution in [-0.4, -0.2) is 14.8 Å². The van der Waals surface area contributed by atoms with Crippen LogP contribution in [-0.2, 0) is 0 Å². The molecule has 1 N–H and O–H groups in total. The van der Waals surface area contributed by atoms with Gasteiger partial charge in [-0.15, -0.1) is 0 Å². The summed E-state index contributed by atoms with van der Waals surface area (Å²) in [7, 11) is 0. The monoisotopic (exact) mass is 251 g/mol. The van der Waals surface area contributed by atoms with Gasteiger partial charge in [0.25, 0.3) is 0 Å². The molecule has 0 radical (unpaired) electrons. The summed E-state index contributed by atoms with van der Waals surface area (Å²) in [6.45, 7) is 0. The Labute approximate surface area is 108 Å². The largest absolute Gasteiger partial charge is 0.352 e. The zero-order chi connectivity index (χ0) is 12.8. The van der Waals surface area contributed by atoms with Crippen LogP contribution in [0.1, 0.15) is 0 Å². The van der Waals surface area contributed by atoms with Gasteiger partial charge in [0, 0.05) is 10.9 Å². The van der Waals surface area contributed by atoms with Crippen molar-refractivity contribution in [3.05, 3.63) is 60.5 Å². The van der Waals surface area contributed by atoms with E-state index >= 15 is 0 Å². The summed E-state index contributed by atoms with van der Waals surface area (Å²) >= 11 is 0. The fraction of sp³-hybridized carbons (Fsp3) is 0. The molecule has 0 aliphatic heterocycles. The van der Waals surface area contributed by atoms with Crippen LogP contribution in [0.15, 0.2) is 54.7 Å². The lowest BCUT2D eigenvalue weighted by molar-refractivity contribution is 0.627. The third-order valence-corrected chi connectivity index (χ3v) is 3.29. The van der Waals surface area contributed by atoms with Crippen LogP contribution in [0.25, 0.3) is 27.6 Å². The van der Waals surface area contributed by atoms with E-state index in [1.54, 1.807) is 18.3 Å². The fourth-order valence-electron chi connectivity index (χ4n) is 2.42. The third kappa shape index (κ3) is 1.46. The maximum Gasteiger partial charge on any atom is 0.123 e. The molecule has 2 aromatic heterocycles. The molecule has 4 heteroatoms. The van der Waals surface area contributed by atoms with E-state index in [1.165, 1.54) is 12.1 Å². The molecule has 0 aliphatic carbocycles. The number of hydrogen-bond acceptors (Lipinski definition) is 1. The number of aromatic amines is 1. The van der Waals surface area contributed by atoms with E-state index < -0.39 is 0 Å². The van der Waals surface area contributed by atoms with Gasteiger partial charge in [0.2, 0.25) is 0 Å². The van der Waals surface area contributed by atoms with Gasteiger partial charge in [0.05, 0.1) is 22.9 Å². The molecular weight excluding hydrogens is 241 g/mol. The molecule has 92 valence electrons. The van der Waals surface area contributed by atoms with Gasteiger partial charge in [-0.2, -0.15) is 5.10 Å². The molecule has 2 aromatic carbocycles. The molecule has 0 bridgehead atoms. The van der Waals surface area contributed by atoms with Crippen molar-refractivity contribution in [3.63, 3.8) is 0 Å². The predicted octanol–water partition coefficient (Wildman–Crippen LogP) is 3.65. The highest BCUT2D eigenvalue weighted by Gasteiger charge is 2.11. The number of nitrogens with zero attached hydrogens (tertiary/aromatic N) is 2. The minimum atomic E-state index is -0.244. The second kappa shape index (κ2) is 3.68. The number of para-hydroxylation sites is 1. The Morgan fingerprint density at radius 1 is 0.947 bits per heavy atom. The summed E-state index contributed by atoms with van der Waals surface area (Å²) in [4.78, 5) is 3.32. The number of rotatable bonds is 1. The van der Waals surface area contributed by atoms with Crippen LogP contribution in [0, 0.1) is 5.82 Å². The van der Waals surface area contributed by atoms with Gasteiger partial charge in [0.15, 0.2) is 0 Å². The number of H-pyrrole nitrogens is 1. The minimum Gasteiger partial charge on any atom is -0.352 e. The van der Waals surface area contributed by atoms with Gasteiger partial charge in [0.1, 0.15) is 5.82 Å². The molecule has 0 aliphatic rings. The molecule has 0 amide bonds. The highest BCUT2D eigenvalue weighted by atomic mass is 19.1. The lowest BCUT2D eigenvalue weighted by Gasteiger charge is -2.02. The van der Waals surface area contributed by atoms with Crippen LogP contribution in [0.2, 0.25) is 0 Å². The van der Waals surface area contributed by atoms with Gasteiger partial charge in [-0.3, -0.25) is 0 Å². The second-order valence-corrected chi connectivity index (χ2v) is 4.47. The average molecular weight is 251 g/mol. The highest BCUT2D eigenvalue weighted by Crippen LogP contribution is 2.26. The number of fused-ring (bicyclic) bond motifs is 3. The van der Waals surface area contributed by atoms with Crippen LogP contribution >= 0.6 is 0 Å². The van der Waals surface area contributed by atoms with Gasteiger partial charge in [-0.25, -0.2) is 9.07 Å². The van der Waals surface area contributed by atoms with Crippen molar-refractivity contribution in [3.8, 4) is 5.69 Å². The average Bonchev–Trinajstić information content (AvgIpc) is 2.98. The first-order chi connectivity index (χ1) is 9.33. The summed E-state index contributed by atoms with van der Waals surface area (Å²) in [6, 6.07) is 14.4. The van der Waals surface area contributed by atoms with Crippen LogP contribution in [0.4, 0.5) is 4.39 Å². The third-order valence-electron chi connectivity index (χ3n) is 3.29. The number of hydrogen-bond donors (Lipinski definition) is 1. The summed E-state index contributed by atoms with van der Waals surface area (Å²) in [5, 5.41) is 5.48. The van der Waals surface area contributed by atoms with Crippen molar-refractivity contribution in [1.82, 2.24) is 14.8 Å². The van der Waals surface area contributed by atoms with Gasteiger partial charge in [-0.05, 0) is 30.3 Å². The first-order valence-electron chi connectivity index (χ1n) is 6.03. The Balaban J connectivity index is 2.06. The predicted molar refractivity (Wildman–Crippen MR) is 72.9 cm³/mol. The first-order valence-corrected chi connectivity index (χ1v) is 6.03. The fourth-order valence-corrected chi connectivity index (χ4v) is 2.42. The maximum absolute atomic E-state index is 13.0. The van der Waals surface area contributed by atoms with Crippen LogP contribution in [0.5, 0.6) is 0 Å². The summed E-state index contributed by atoms with van der Waals surface area (Å²) in [5.74, 6) is -0.244. The topological polar surface area (TPSA) is 33.6 Å². The van der Waals surface area contributed by atoms with E-state index in [0.717, 1.165) is 27.6 Å². The van der Waals surface area contributed by atoms with Crippen LogP contribution in [0.3, 0.4) is 0 Å². The van der Waals surface area contributed by atoms with E-state index in [-0.39, 0.29) is 5.82 Å². The van der Waals surface area contributed by atoms with Crippen molar-refractivity contribution in [2.24, 2.45) is 0 Å². The van der Waals surface area contributed by atoms with Gasteiger partial charge >= 0.3 is 0 Å². The van der Waals surface area contributed by atoms with E-state index in [0.29, 0.717) is 0 Å². The summed E-state index contributed by atoms with van der Waals surface area (Å²) in [5.41, 5.74) is 3.92.